The molecule has 216 valence electrons. The van der Waals surface area contributed by atoms with Gasteiger partial charge in [0.05, 0.1) is 30.4 Å². The lowest BCUT2D eigenvalue weighted by Crippen LogP contribution is -2.48. The molecule has 42 heavy (non-hydrogen) atoms. The third-order valence-corrected chi connectivity index (χ3v) is 8.29. The molecule has 3 heterocycles. The number of benzene rings is 3. The summed E-state index contributed by atoms with van der Waals surface area (Å²) in [6.45, 7) is 5.19. The van der Waals surface area contributed by atoms with Crippen molar-refractivity contribution in [3.05, 3.63) is 100 Å². The first-order valence-electron chi connectivity index (χ1n) is 14.3. The second-order valence-electron chi connectivity index (χ2n) is 10.8. The molecule has 2 amide bonds. The highest BCUT2D eigenvalue weighted by atomic mass is 35.5. The number of carbonyl (C=O) groups excluding carboxylic acids is 2. The molecule has 0 radical (unpaired) electrons. The van der Waals surface area contributed by atoms with Crippen LogP contribution in [0.15, 0.2) is 72.8 Å². The number of pyridine rings is 1. The number of fused-ring (bicyclic) bond motifs is 2. The molecule has 0 spiro atoms. The maximum absolute atomic E-state index is 14.2. The lowest BCUT2D eigenvalue weighted by Gasteiger charge is -2.36. The van der Waals surface area contributed by atoms with E-state index in [2.05, 4.69) is 39.4 Å². The van der Waals surface area contributed by atoms with E-state index in [1.54, 1.807) is 25.3 Å². The molecule has 9 heteroatoms. The Kier molecular flexibility index (Phi) is 8.37. The predicted molar refractivity (Wildman–Crippen MR) is 165 cm³/mol. The Bertz CT molecular complexity index is 1600. The van der Waals surface area contributed by atoms with Crippen molar-refractivity contribution in [3.63, 3.8) is 0 Å². The van der Waals surface area contributed by atoms with Crippen molar-refractivity contribution >= 4 is 40.0 Å². The number of rotatable bonds is 7. The monoisotopic (exact) mass is 583 g/mol. The van der Waals surface area contributed by atoms with Crippen LogP contribution in [0.3, 0.4) is 0 Å². The van der Waals surface area contributed by atoms with Crippen LogP contribution in [0.2, 0.25) is 5.02 Å². The maximum Gasteiger partial charge on any atom is 0.255 e. The molecule has 2 aliphatic rings. The fourth-order valence-electron chi connectivity index (χ4n) is 5.90. The second-order valence-corrected chi connectivity index (χ2v) is 11.3. The van der Waals surface area contributed by atoms with E-state index in [-0.39, 0.29) is 18.4 Å². The van der Waals surface area contributed by atoms with Crippen LogP contribution >= 0.6 is 11.6 Å². The number of para-hydroxylation sites is 1. The topological polar surface area (TPSA) is 78.0 Å². The van der Waals surface area contributed by atoms with Gasteiger partial charge in [0.25, 0.3) is 5.91 Å². The summed E-state index contributed by atoms with van der Waals surface area (Å²) < 4.78 is 5.37. The second kappa shape index (κ2) is 12.5. The smallest absolute Gasteiger partial charge is 0.255 e. The van der Waals surface area contributed by atoms with E-state index >= 15 is 0 Å². The largest absolute Gasteiger partial charge is 0.495 e. The summed E-state index contributed by atoms with van der Waals surface area (Å²) in [6.07, 6.45) is 0.666. The Morgan fingerprint density at radius 3 is 2.48 bits per heavy atom. The first-order valence-corrected chi connectivity index (χ1v) is 14.7. The number of hydrogen-bond donors (Lipinski definition) is 1. The maximum atomic E-state index is 14.2. The van der Waals surface area contributed by atoms with E-state index < -0.39 is 0 Å². The number of anilines is 1. The van der Waals surface area contributed by atoms with Gasteiger partial charge in [0.1, 0.15) is 5.75 Å². The normalized spacial score (nSPS) is 15.8. The van der Waals surface area contributed by atoms with Crippen molar-refractivity contribution in [2.75, 3.05) is 51.7 Å². The Morgan fingerprint density at radius 1 is 0.929 bits per heavy atom. The van der Waals surface area contributed by atoms with Crippen molar-refractivity contribution in [2.45, 2.75) is 19.5 Å². The number of nitrogens with one attached hydrogen (secondary N) is 1. The van der Waals surface area contributed by atoms with E-state index in [1.165, 1.54) is 5.56 Å². The molecule has 0 atom stereocenters. The fourth-order valence-corrected chi connectivity index (χ4v) is 6.08. The standard InChI is InChI=1S/C33H34ClN5O3/c1-42-30-12-11-24(34)19-29(30)36-31(40)22-38-14-13-28-26(21-38)32(25-9-5-6-10-27(25)35-28)33(41)39-17-15-37(16-18-39)20-23-7-3-2-4-8-23/h2-12,19H,13-18,20-22H2,1H3,(H,36,40). The summed E-state index contributed by atoms with van der Waals surface area (Å²) in [5.74, 6) is 0.415. The van der Waals surface area contributed by atoms with Gasteiger partial charge >= 0.3 is 0 Å². The summed E-state index contributed by atoms with van der Waals surface area (Å²) >= 11 is 6.15. The SMILES string of the molecule is COc1ccc(Cl)cc1NC(=O)CN1CCc2nc3ccccc3c(C(=O)N3CCN(Cc4ccccc4)CC3)c2C1. The molecule has 3 aromatic carbocycles. The average molecular weight is 584 g/mol. The number of methoxy groups -OCH3 is 1. The number of ether oxygens (including phenoxy) is 1. The van der Waals surface area contributed by atoms with Crippen LogP contribution in [0.25, 0.3) is 10.9 Å². The molecule has 6 rings (SSSR count). The lowest BCUT2D eigenvalue weighted by atomic mass is 9.94. The summed E-state index contributed by atoms with van der Waals surface area (Å²) in [4.78, 5) is 38.6. The molecule has 8 nitrogen and oxygen atoms in total. The van der Waals surface area contributed by atoms with Gasteiger partial charge in [-0.3, -0.25) is 24.4 Å². The molecule has 1 fully saturated rings. The van der Waals surface area contributed by atoms with Gasteiger partial charge in [0.15, 0.2) is 0 Å². The zero-order valence-corrected chi connectivity index (χ0v) is 24.4. The van der Waals surface area contributed by atoms with Crippen molar-refractivity contribution in [3.8, 4) is 5.75 Å². The Morgan fingerprint density at radius 2 is 1.69 bits per heavy atom. The van der Waals surface area contributed by atoms with Crippen LogP contribution < -0.4 is 10.1 Å². The zero-order valence-electron chi connectivity index (χ0n) is 23.7. The van der Waals surface area contributed by atoms with Gasteiger partial charge < -0.3 is 15.0 Å². The highest BCUT2D eigenvalue weighted by molar-refractivity contribution is 6.31. The third-order valence-electron chi connectivity index (χ3n) is 8.05. The minimum atomic E-state index is -0.171. The molecule has 0 aliphatic carbocycles. The molecular formula is C33H34ClN5O3. The summed E-state index contributed by atoms with van der Waals surface area (Å²) in [7, 11) is 1.56. The number of amides is 2. The van der Waals surface area contributed by atoms with Crippen LogP contribution in [-0.4, -0.2) is 77.9 Å². The zero-order chi connectivity index (χ0) is 29.1. The molecule has 1 aromatic heterocycles. The molecule has 1 N–H and O–H groups in total. The first kappa shape index (κ1) is 28.2. The van der Waals surface area contributed by atoms with E-state index in [1.807, 2.05) is 35.2 Å². The average Bonchev–Trinajstić information content (AvgIpc) is 3.00. The van der Waals surface area contributed by atoms with Crippen LogP contribution in [0, 0.1) is 0 Å². The predicted octanol–water partition coefficient (Wildman–Crippen LogP) is 4.85. The highest BCUT2D eigenvalue weighted by Crippen LogP contribution is 2.31. The van der Waals surface area contributed by atoms with Crippen LogP contribution in [0.1, 0.15) is 27.2 Å². The van der Waals surface area contributed by atoms with Gasteiger partial charge in [-0.05, 0) is 29.8 Å². The van der Waals surface area contributed by atoms with Crippen molar-refractivity contribution in [1.82, 2.24) is 19.7 Å². The van der Waals surface area contributed by atoms with Gasteiger partial charge in [-0.1, -0.05) is 60.1 Å². The number of aromatic nitrogens is 1. The van der Waals surface area contributed by atoms with Gasteiger partial charge in [-0.15, -0.1) is 0 Å². The van der Waals surface area contributed by atoms with E-state index in [4.69, 9.17) is 21.3 Å². The van der Waals surface area contributed by atoms with Crippen molar-refractivity contribution < 1.29 is 14.3 Å². The van der Waals surface area contributed by atoms with E-state index in [0.717, 1.165) is 41.8 Å². The molecular weight excluding hydrogens is 550 g/mol. The number of hydrogen-bond acceptors (Lipinski definition) is 6. The van der Waals surface area contributed by atoms with Crippen LogP contribution in [-0.2, 0) is 24.3 Å². The molecule has 4 aromatic rings. The minimum Gasteiger partial charge on any atom is -0.495 e. The van der Waals surface area contributed by atoms with E-state index in [0.29, 0.717) is 54.6 Å². The third kappa shape index (κ3) is 6.11. The van der Waals surface area contributed by atoms with Crippen LogP contribution in [0.5, 0.6) is 5.75 Å². The van der Waals surface area contributed by atoms with Crippen molar-refractivity contribution in [2.24, 2.45) is 0 Å². The summed E-state index contributed by atoms with van der Waals surface area (Å²) in [6, 6.07) is 23.4. The Labute approximate surface area is 250 Å². The Hall–Kier alpha value is -3.98. The quantitative estimate of drug-likeness (QED) is 0.335. The molecule has 1 saturated heterocycles. The fraction of sp³-hybridized carbons (Fsp3) is 0.303. The summed E-state index contributed by atoms with van der Waals surface area (Å²) in [5.41, 5.74) is 5.22. The summed E-state index contributed by atoms with van der Waals surface area (Å²) in [5, 5.41) is 4.31. The number of nitrogens with zero attached hydrogens (tertiary/aromatic N) is 4. The molecule has 0 saturated carbocycles. The molecule has 2 aliphatic heterocycles. The Balaban J connectivity index is 1.20. The first-order chi connectivity index (χ1) is 20.5. The van der Waals surface area contributed by atoms with Gasteiger partial charge in [-0.2, -0.15) is 0 Å². The van der Waals surface area contributed by atoms with Gasteiger partial charge in [-0.25, -0.2) is 0 Å². The van der Waals surface area contributed by atoms with Crippen LogP contribution in [0.4, 0.5) is 5.69 Å². The molecule has 0 bridgehead atoms. The van der Waals surface area contributed by atoms with E-state index in [9.17, 15) is 9.59 Å². The number of halogens is 1. The minimum absolute atomic E-state index is 0.0409. The number of piperazine rings is 1. The highest BCUT2D eigenvalue weighted by Gasteiger charge is 2.30. The lowest BCUT2D eigenvalue weighted by molar-refractivity contribution is -0.117. The molecule has 0 unspecified atom stereocenters. The van der Waals surface area contributed by atoms with Gasteiger partial charge in [0.2, 0.25) is 5.91 Å². The number of carbonyl (C=O) groups is 2. The van der Waals surface area contributed by atoms with Gasteiger partial charge in [0, 0.05) is 73.9 Å². The van der Waals surface area contributed by atoms with Crippen molar-refractivity contribution in [1.29, 1.82) is 0 Å².